The zero-order valence-corrected chi connectivity index (χ0v) is 10.3. The van der Waals surface area contributed by atoms with Gasteiger partial charge in [-0.25, -0.2) is 4.79 Å². The number of nitrogens with zero attached hydrogens (tertiary/aromatic N) is 3. The summed E-state index contributed by atoms with van der Waals surface area (Å²) in [5, 5.41) is 17.8. The maximum atomic E-state index is 11.6. The number of hydrogen-bond acceptors (Lipinski definition) is 4. The van der Waals surface area contributed by atoms with Crippen LogP contribution in [0.2, 0.25) is 0 Å². The van der Waals surface area contributed by atoms with Gasteiger partial charge >= 0.3 is 12.3 Å². The van der Waals surface area contributed by atoms with E-state index in [0.717, 1.165) is 11.8 Å². The van der Waals surface area contributed by atoms with Crippen molar-refractivity contribution in [2.75, 3.05) is 13.2 Å². The molecule has 0 bridgehead atoms. The monoisotopic (exact) mass is 260 g/mol. The van der Waals surface area contributed by atoms with E-state index in [4.69, 9.17) is 10.1 Å². The summed E-state index contributed by atoms with van der Waals surface area (Å²) in [6.07, 6.45) is 1.07. The van der Waals surface area contributed by atoms with Crippen LogP contribution in [0.4, 0.5) is 4.79 Å². The van der Waals surface area contributed by atoms with Crippen molar-refractivity contribution in [1.82, 2.24) is 4.90 Å². The molecule has 1 aromatic carbocycles. The molecule has 0 aromatic heterocycles. The number of ether oxygens (including phenoxy) is 1. The molecule has 1 N–H and O–H groups in total. The van der Waals surface area contributed by atoms with Crippen LogP contribution in [0.1, 0.15) is 5.56 Å². The predicted octanol–water partition coefficient (Wildman–Crippen LogP) is 2.30. The molecule has 1 aliphatic heterocycles. The highest BCUT2D eigenvalue weighted by Gasteiger charge is 2.33. The van der Waals surface area contributed by atoms with E-state index in [1.807, 2.05) is 30.3 Å². The molecule has 1 aromatic rings. The lowest BCUT2D eigenvalue weighted by Gasteiger charge is -2.20. The molecule has 98 valence electrons. The molecule has 0 unspecified atom stereocenters. The number of cyclic esters (lactones) is 1. The molecule has 1 amide bonds. The van der Waals surface area contributed by atoms with E-state index in [1.54, 1.807) is 0 Å². The van der Waals surface area contributed by atoms with Crippen LogP contribution in [0.5, 0.6) is 0 Å². The Morgan fingerprint density at radius 2 is 2.26 bits per heavy atom. The molecule has 1 saturated heterocycles. The Balaban J connectivity index is 2.06. The number of diazo groups is 1. The second-order valence-corrected chi connectivity index (χ2v) is 4.28. The van der Waals surface area contributed by atoms with E-state index in [0.29, 0.717) is 6.42 Å². The second kappa shape index (κ2) is 5.87. The topological polar surface area (TPSA) is 77.9 Å². The van der Waals surface area contributed by atoms with Crippen LogP contribution in [-0.4, -0.2) is 35.3 Å². The highest BCUT2D eigenvalue weighted by molar-refractivity contribution is 5.70. The second-order valence-electron chi connectivity index (χ2n) is 4.28. The summed E-state index contributed by atoms with van der Waals surface area (Å²) in [6, 6.07) is 9.59. The van der Waals surface area contributed by atoms with Crippen LogP contribution in [0.25, 0.3) is 4.98 Å². The third-order valence-corrected chi connectivity index (χ3v) is 2.93. The number of carbonyl (C=O) groups excluding carboxylic acids is 1. The van der Waals surface area contributed by atoms with Gasteiger partial charge in [0.2, 0.25) is 11.2 Å². The van der Waals surface area contributed by atoms with E-state index < -0.39 is 6.09 Å². The van der Waals surface area contributed by atoms with Gasteiger partial charge in [-0.15, -0.1) is 0 Å². The molecule has 0 saturated carbocycles. The Hall–Kier alpha value is -2.55. The van der Waals surface area contributed by atoms with Gasteiger partial charge < -0.3 is 9.84 Å². The van der Waals surface area contributed by atoms with Gasteiger partial charge in [0.15, 0.2) is 4.98 Å². The van der Waals surface area contributed by atoms with E-state index in [1.165, 1.54) is 4.90 Å². The van der Waals surface area contributed by atoms with Crippen molar-refractivity contribution < 1.29 is 14.6 Å². The normalized spacial score (nSPS) is 19.1. The highest BCUT2D eigenvalue weighted by Crippen LogP contribution is 2.18. The first-order chi connectivity index (χ1) is 9.20. The first-order valence-corrected chi connectivity index (χ1v) is 5.90. The quantitative estimate of drug-likeness (QED) is 0.665. The lowest BCUT2D eigenvalue weighted by Crippen LogP contribution is -2.36. The van der Waals surface area contributed by atoms with Gasteiger partial charge in [0.1, 0.15) is 6.61 Å². The van der Waals surface area contributed by atoms with Gasteiger partial charge in [-0.05, 0) is 12.0 Å². The molecule has 6 nitrogen and oxygen atoms in total. The molecule has 1 atom stereocenters. The largest absolute Gasteiger partial charge is 0.504 e. The summed E-state index contributed by atoms with van der Waals surface area (Å²) in [6.45, 7) is 0.262. The average Bonchev–Trinajstić information content (AvgIpc) is 2.73. The Morgan fingerprint density at radius 1 is 1.53 bits per heavy atom. The van der Waals surface area contributed by atoms with E-state index >= 15 is 0 Å². The highest BCUT2D eigenvalue weighted by atomic mass is 16.6. The Labute approximate surface area is 110 Å². The molecule has 0 aliphatic carbocycles. The lowest BCUT2D eigenvalue weighted by atomic mass is 10.1. The van der Waals surface area contributed by atoms with Crippen molar-refractivity contribution in [2.24, 2.45) is 0 Å². The molecular formula is C13H14N3O3+. The van der Waals surface area contributed by atoms with Gasteiger partial charge in [0, 0.05) is 0 Å². The Morgan fingerprint density at radius 3 is 2.95 bits per heavy atom. The number of rotatable bonds is 4. The molecule has 1 fully saturated rings. The van der Waals surface area contributed by atoms with Crippen LogP contribution in [0, 0.1) is 5.39 Å². The van der Waals surface area contributed by atoms with E-state index in [2.05, 4.69) is 4.98 Å². The van der Waals surface area contributed by atoms with Crippen molar-refractivity contribution in [3.05, 3.63) is 52.8 Å². The predicted molar refractivity (Wildman–Crippen MR) is 67.8 cm³/mol. The molecule has 2 rings (SSSR count). The standard InChI is InChI=1S/C13H13N3O3/c14-15-7-12(17)8-16-11(9-19-13(16)18)6-10-4-2-1-3-5-10/h1-5,7,11H,6,8-9H2/p+1/b12-7-/t11-/m0/s1. The van der Waals surface area contributed by atoms with Crippen molar-refractivity contribution in [2.45, 2.75) is 12.5 Å². The van der Waals surface area contributed by atoms with Gasteiger partial charge in [0.05, 0.1) is 12.6 Å². The van der Waals surface area contributed by atoms with Crippen LogP contribution in [0.3, 0.4) is 0 Å². The molecule has 19 heavy (non-hydrogen) atoms. The third kappa shape index (κ3) is 3.22. The van der Waals surface area contributed by atoms with Crippen molar-refractivity contribution in [3.63, 3.8) is 0 Å². The molecule has 1 heterocycles. The molecule has 1 aliphatic rings. The van der Waals surface area contributed by atoms with Crippen LogP contribution in [-0.2, 0) is 11.2 Å². The number of amides is 1. The average molecular weight is 260 g/mol. The summed E-state index contributed by atoms with van der Waals surface area (Å²) < 4.78 is 4.98. The number of aliphatic hydroxyl groups excluding tert-OH is 1. The fourth-order valence-electron chi connectivity index (χ4n) is 2.02. The number of aliphatic hydroxyl groups is 1. The maximum Gasteiger partial charge on any atom is 0.410 e. The SMILES string of the molecule is N#[N+]/C=C(\O)CN1C(=O)OC[C@@H]1Cc1ccccc1. The van der Waals surface area contributed by atoms with E-state index in [9.17, 15) is 9.90 Å². The summed E-state index contributed by atoms with van der Waals surface area (Å²) in [5.74, 6) is -0.195. The fraction of sp³-hybridized carbons (Fsp3) is 0.308. The Bertz CT molecular complexity index is 522. The summed E-state index contributed by atoms with van der Waals surface area (Å²) >= 11 is 0. The van der Waals surface area contributed by atoms with Crippen molar-refractivity contribution >= 4 is 6.09 Å². The van der Waals surface area contributed by atoms with Crippen LogP contribution in [0.15, 0.2) is 42.3 Å². The summed E-state index contributed by atoms with van der Waals surface area (Å²) in [7, 11) is 0. The number of hydrogen-bond donors (Lipinski definition) is 1. The molecule has 0 spiro atoms. The zero-order chi connectivity index (χ0) is 13.7. The molecule has 6 heteroatoms. The minimum atomic E-state index is -0.473. The molecular weight excluding hydrogens is 246 g/mol. The number of carbonyl (C=O) groups is 1. The van der Waals surface area contributed by atoms with Gasteiger partial charge in [0.25, 0.3) is 0 Å². The first kappa shape index (κ1) is 12.9. The van der Waals surface area contributed by atoms with Crippen LogP contribution >= 0.6 is 0 Å². The van der Waals surface area contributed by atoms with Gasteiger partial charge in [-0.1, -0.05) is 30.3 Å². The van der Waals surface area contributed by atoms with E-state index in [-0.39, 0.29) is 25.0 Å². The Kier molecular flexibility index (Phi) is 3.98. The number of benzene rings is 1. The van der Waals surface area contributed by atoms with Crippen molar-refractivity contribution in [3.8, 4) is 0 Å². The maximum absolute atomic E-state index is 11.6. The molecule has 0 radical (unpaired) electrons. The minimum absolute atomic E-state index is 0.0274. The smallest absolute Gasteiger partial charge is 0.410 e. The van der Waals surface area contributed by atoms with Gasteiger partial charge in [-0.3, -0.25) is 4.90 Å². The zero-order valence-electron chi connectivity index (χ0n) is 10.3. The fourth-order valence-corrected chi connectivity index (χ4v) is 2.02. The minimum Gasteiger partial charge on any atom is -0.504 e. The first-order valence-electron chi connectivity index (χ1n) is 5.90. The van der Waals surface area contributed by atoms with Gasteiger partial charge in [-0.2, -0.15) is 0 Å². The lowest BCUT2D eigenvalue weighted by molar-refractivity contribution is 0.156. The summed E-state index contributed by atoms with van der Waals surface area (Å²) in [5.41, 5.74) is 1.09. The van der Waals surface area contributed by atoms with Crippen molar-refractivity contribution in [1.29, 1.82) is 5.39 Å². The summed E-state index contributed by atoms with van der Waals surface area (Å²) in [4.78, 5) is 15.7. The van der Waals surface area contributed by atoms with Crippen LogP contribution < -0.4 is 0 Å². The third-order valence-electron chi connectivity index (χ3n) is 2.93.